The summed E-state index contributed by atoms with van der Waals surface area (Å²) in [4.78, 5) is 12.7. The molecule has 0 aromatic heterocycles. The van der Waals surface area contributed by atoms with Gasteiger partial charge in [0.2, 0.25) is 5.91 Å². The molecule has 1 aliphatic carbocycles. The fraction of sp³-hybridized carbons (Fsp3) is 0.278. The molecule has 2 aromatic rings. The maximum Gasteiger partial charge on any atom is 0.235 e. The molecule has 21 heavy (non-hydrogen) atoms. The molecule has 0 bridgehead atoms. The predicted molar refractivity (Wildman–Crippen MR) is 81.7 cm³/mol. The molecule has 2 nitrogen and oxygen atoms in total. The summed E-state index contributed by atoms with van der Waals surface area (Å²) in [6, 6.07) is 14.5. The molecule has 0 atom stereocenters. The van der Waals surface area contributed by atoms with E-state index in [-0.39, 0.29) is 11.6 Å². The lowest BCUT2D eigenvalue weighted by atomic mass is 9.64. The fourth-order valence-corrected chi connectivity index (χ4v) is 2.91. The summed E-state index contributed by atoms with van der Waals surface area (Å²) in [7, 11) is 0. The lowest BCUT2D eigenvalue weighted by Gasteiger charge is -2.40. The second kappa shape index (κ2) is 5.32. The number of hydrogen-bond acceptors (Lipinski definition) is 1. The van der Waals surface area contributed by atoms with Gasteiger partial charge in [-0.2, -0.15) is 0 Å². The van der Waals surface area contributed by atoms with Crippen LogP contribution in [0.1, 0.15) is 30.4 Å². The van der Waals surface area contributed by atoms with Crippen LogP contribution in [0.3, 0.4) is 0 Å². The second-order valence-electron chi connectivity index (χ2n) is 5.74. The first-order valence-corrected chi connectivity index (χ1v) is 7.25. The number of hydrogen-bond donors (Lipinski definition) is 1. The van der Waals surface area contributed by atoms with Crippen LogP contribution in [0.4, 0.5) is 10.1 Å². The summed E-state index contributed by atoms with van der Waals surface area (Å²) >= 11 is 0. The summed E-state index contributed by atoms with van der Waals surface area (Å²) in [5.41, 5.74) is 1.70. The van der Waals surface area contributed by atoms with Crippen LogP contribution in [0.25, 0.3) is 0 Å². The van der Waals surface area contributed by atoms with Crippen molar-refractivity contribution in [3.05, 3.63) is 65.5 Å². The van der Waals surface area contributed by atoms with Crippen molar-refractivity contribution in [3.8, 4) is 0 Å². The summed E-state index contributed by atoms with van der Waals surface area (Å²) < 4.78 is 13.8. The highest BCUT2D eigenvalue weighted by atomic mass is 19.1. The van der Waals surface area contributed by atoms with Crippen molar-refractivity contribution in [2.75, 3.05) is 5.32 Å². The van der Waals surface area contributed by atoms with Crippen LogP contribution in [0.2, 0.25) is 0 Å². The number of amides is 1. The monoisotopic (exact) mass is 283 g/mol. The third-order valence-electron chi connectivity index (χ3n) is 4.34. The van der Waals surface area contributed by atoms with E-state index >= 15 is 0 Å². The van der Waals surface area contributed by atoms with Crippen LogP contribution in [-0.2, 0) is 10.2 Å². The Kier molecular flexibility index (Phi) is 3.50. The van der Waals surface area contributed by atoms with Gasteiger partial charge >= 0.3 is 0 Å². The molecule has 1 amide bonds. The predicted octanol–water partition coefficient (Wildman–Crippen LogP) is 4.19. The highest BCUT2D eigenvalue weighted by Crippen LogP contribution is 2.44. The van der Waals surface area contributed by atoms with E-state index in [0.29, 0.717) is 0 Å². The molecule has 0 saturated heterocycles. The normalized spacial score (nSPS) is 16.1. The van der Waals surface area contributed by atoms with E-state index in [1.54, 1.807) is 12.1 Å². The van der Waals surface area contributed by atoms with E-state index in [0.717, 1.165) is 30.4 Å². The number of nitrogens with one attached hydrogen (secondary N) is 1. The zero-order chi connectivity index (χ0) is 14.9. The Morgan fingerprint density at radius 3 is 2.48 bits per heavy atom. The standard InChI is InChI=1S/C18H18FNO/c1-13-8-9-15(19)16(12-13)20-17(21)18(10-5-11-18)14-6-3-2-4-7-14/h2-4,6-9,12H,5,10-11H2,1H3,(H,20,21). The van der Waals surface area contributed by atoms with Crippen molar-refractivity contribution in [1.82, 2.24) is 0 Å². The highest BCUT2D eigenvalue weighted by Gasteiger charge is 2.45. The van der Waals surface area contributed by atoms with E-state index in [2.05, 4.69) is 5.32 Å². The van der Waals surface area contributed by atoms with E-state index in [1.807, 2.05) is 37.3 Å². The SMILES string of the molecule is Cc1ccc(F)c(NC(=O)C2(c3ccccc3)CCC2)c1. The minimum Gasteiger partial charge on any atom is -0.323 e. The number of carbonyl (C=O) groups excluding carboxylic acids is 1. The van der Waals surface area contributed by atoms with Gasteiger partial charge in [0, 0.05) is 0 Å². The molecule has 108 valence electrons. The third kappa shape index (κ3) is 2.44. The molecule has 0 radical (unpaired) electrons. The number of anilines is 1. The van der Waals surface area contributed by atoms with Gasteiger partial charge in [0.15, 0.2) is 0 Å². The van der Waals surface area contributed by atoms with Gasteiger partial charge in [-0.25, -0.2) is 4.39 Å². The maximum absolute atomic E-state index is 13.8. The van der Waals surface area contributed by atoms with Crippen molar-refractivity contribution in [2.24, 2.45) is 0 Å². The first-order valence-electron chi connectivity index (χ1n) is 7.25. The molecule has 3 rings (SSSR count). The Bertz CT molecular complexity index is 662. The maximum atomic E-state index is 13.8. The number of benzene rings is 2. The third-order valence-corrected chi connectivity index (χ3v) is 4.34. The number of halogens is 1. The molecule has 1 saturated carbocycles. The largest absolute Gasteiger partial charge is 0.323 e. The van der Waals surface area contributed by atoms with Crippen LogP contribution >= 0.6 is 0 Å². The molecule has 0 unspecified atom stereocenters. The van der Waals surface area contributed by atoms with Gasteiger partial charge in [-0.3, -0.25) is 4.79 Å². The van der Waals surface area contributed by atoms with Gasteiger partial charge in [-0.1, -0.05) is 42.8 Å². The molecule has 3 heteroatoms. The van der Waals surface area contributed by atoms with Crippen molar-refractivity contribution >= 4 is 11.6 Å². The Morgan fingerprint density at radius 1 is 1.14 bits per heavy atom. The van der Waals surface area contributed by atoms with Crippen LogP contribution in [-0.4, -0.2) is 5.91 Å². The highest BCUT2D eigenvalue weighted by molar-refractivity contribution is 6.00. The Labute approximate surface area is 124 Å². The van der Waals surface area contributed by atoms with Crippen molar-refractivity contribution in [2.45, 2.75) is 31.6 Å². The topological polar surface area (TPSA) is 29.1 Å². The zero-order valence-corrected chi connectivity index (χ0v) is 12.0. The Balaban J connectivity index is 1.89. The van der Waals surface area contributed by atoms with Crippen LogP contribution in [0, 0.1) is 12.7 Å². The van der Waals surface area contributed by atoms with Gasteiger partial charge in [0.1, 0.15) is 5.82 Å². The van der Waals surface area contributed by atoms with Crippen LogP contribution in [0.15, 0.2) is 48.5 Å². The number of rotatable bonds is 3. The number of aryl methyl sites for hydroxylation is 1. The smallest absolute Gasteiger partial charge is 0.235 e. The van der Waals surface area contributed by atoms with Gasteiger partial charge in [0.25, 0.3) is 0 Å². The molecule has 1 fully saturated rings. The van der Waals surface area contributed by atoms with Crippen molar-refractivity contribution < 1.29 is 9.18 Å². The van der Waals surface area contributed by atoms with Gasteiger partial charge in [-0.05, 0) is 43.0 Å². The lowest BCUT2D eigenvalue weighted by Crippen LogP contribution is -2.46. The first-order chi connectivity index (χ1) is 10.1. The minimum atomic E-state index is -0.503. The second-order valence-corrected chi connectivity index (χ2v) is 5.74. The summed E-state index contributed by atoms with van der Waals surface area (Å²) in [6.07, 6.45) is 2.66. The summed E-state index contributed by atoms with van der Waals surface area (Å²) in [5, 5.41) is 2.78. The lowest BCUT2D eigenvalue weighted by molar-refractivity contribution is -0.124. The van der Waals surface area contributed by atoms with E-state index in [4.69, 9.17) is 0 Å². The molecule has 0 aliphatic heterocycles. The molecule has 0 spiro atoms. The Hall–Kier alpha value is -2.16. The summed E-state index contributed by atoms with van der Waals surface area (Å²) in [6.45, 7) is 1.88. The quantitative estimate of drug-likeness (QED) is 0.899. The number of carbonyl (C=O) groups is 1. The van der Waals surface area contributed by atoms with Gasteiger partial charge in [-0.15, -0.1) is 0 Å². The zero-order valence-electron chi connectivity index (χ0n) is 12.0. The molecule has 1 N–H and O–H groups in total. The van der Waals surface area contributed by atoms with E-state index < -0.39 is 11.2 Å². The van der Waals surface area contributed by atoms with E-state index in [1.165, 1.54) is 6.07 Å². The van der Waals surface area contributed by atoms with Crippen LogP contribution < -0.4 is 5.32 Å². The van der Waals surface area contributed by atoms with Crippen molar-refractivity contribution in [1.29, 1.82) is 0 Å². The molecule has 1 aliphatic rings. The summed E-state index contributed by atoms with van der Waals surface area (Å²) in [5.74, 6) is -0.499. The molecular formula is C18H18FNO. The molecule has 0 heterocycles. The average molecular weight is 283 g/mol. The first kappa shape index (κ1) is 13.8. The average Bonchev–Trinajstić information content (AvgIpc) is 2.43. The van der Waals surface area contributed by atoms with Crippen LogP contribution in [0.5, 0.6) is 0 Å². The minimum absolute atomic E-state index is 0.107. The van der Waals surface area contributed by atoms with Crippen molar-refractivity contribution in [3.63, 3.8) is 0 Å². The van der Waals surface area contributed by atoms with Gasteiger partial charge < -0.3 is 5.32 Å². The molecule has 2 aromatic carbocycles. The molecular weight excluding hydrogens is 265 g/mol. The fourth-order valence-electron chi connectivity index (χ4n) is 2.91. The van der Waals surface area contributed by atoms with Gasteiger partial charge in [0.05, 0.1) is 11.1 Å². The van der Waals surface area contributed by atoms with E-state index in [9.17, 15) is 9.18 Å². The Morgan fingerprint density at radius 2 is 1.86 bits per heavy atom.